The summed E-state index contributed by atoms with van der Waals surface area (Å²) in [6.45, 7) is 0.617. The molecule has 1 saturated heterocycles. The topological polar surface area (TPSA) is 88.1 Å². The first-order chi connectivity index (χ1) is 11.6. The first-order valence-corrected chi connectivity index (χ1v) is 7.78. The van der Waals surface area contributed by atoms with Crippen molar-refractivity contribution < 1.29 is 14.0 Å². The number of hydrogen-bond donors (Lipinski definition) is 3. The number of nitrogens with zero attached hydrogens (tertiary/aromatic N) is 2. The van der Waals surface area contributed by atoms with E-state index < -0.39 is 17.9 Å². The molecule has 24 heavy (non-hydrogen) atoms. The van der Waals surface area contributed by atoms with E-state index in [2.05, 4.69) is 21.0 Å². The van der Waals surface area contributed by atoms with Crippen molar-refractivity contribution in [2.75, 3.05) is 11.9 Å². The number of urea groups is 1. The normalized spacial score (nSPS) is 17.7. The minimum absolute atomic E-state index is 0.200. The average molecular weight is 331 g/mol. The van der Waals surface area contributed by atoms with E-state index in [1.807, 2.05) is 0 Å². The van der Waals surface area contributed by atoms with Gasteiger partial charge in [0.25, 0.3) is 0 Å². The van der Waals surface area contributed by atoms with Gasteiger partial charge in [0, 0.05) is 18.9 Å². The minimum Gasteiger partial charge on any atom is -0.354 e. The van der Waals surface area contributed by atoms with Gasteiger partial charge in [-0.3, -0.25) is 4.79 Å². The lowest BCUT2D eigenvalue weighted by atomic mass is 10.1. The van der Waals surface area contributed by atoms with E-state index in [-0.39, 0.29) is 11.6 Å². The second kappa shape index (κ2) is 7.12. The van der Waals surface area contributed by atoms with Gasteiger partial charge in [-0.05, 0) is 43.5 Å². The van der Waals surface area contributed by atoms with Crippen LogP contribution < -0.4 is 16.0 Å². The molecule has 0 aliphatic carbocycles. The molecule has 0 spiro atoms. The molecular weight excluding hydrogens is 313 g/mol. The maximum absolute atomic E-state index is 13.5. The SMILES string of the molecule is O=C(Nc1cc(F)ccc1-n1cccn1)N[C@H]1CCCCNC1=O. The molecular formula is C16H18FN5O2. The summed E-state index contributed by atoms with van der Waals surface area (Å²) in [6, 6.07) is 4.60. The minimum atomic E-state index is -0.589. The third-order valence-corrected chi connectivity index (χ3v) is 3.80. The fourth-order valence-corrected chi connectivity index (χ4v) is 2.61. The standard InChI is InChI=1S/C16H18FN5O2/c17-11-5-6-14(22-9-3-8-19-22)13(10-11)21-16(24)20-12-4-1-2-7-18-15(12)23/h3,5-6,8-10,12H,1-2,4,7H2,(H,18,23)(H2,20,21,24)/t12-/m0/s1. The summed E-state index contributed by atoms with van der Waals surface area (Å²) < 4.78 is 15.1. The Bertz CT molecular complexity index is 732. The van der Waals surface area contributed by atoms with Crippen LogP contribution in [-0.4, -0.2) is 34.3 Å². The molecule has 2 heterocycles. The first kappa shape index (κ1) is 16.0. The van der Waals surface area contributed by atoms with Gasteiger partial charge in [-0.2, -0.15) is 5.10 Å². The Morgan fingerprint density at radius 1 is 1.38 bits per heavy atom. The molecule has 2 aromatic rings. The summed E-state index contributed by atoms with van der Waals surface area (Å²) in [5.41, 5.74) is 0.798. The number of hydrogen-bond acceptors (Lipinski definition) is 3. The van der Waals surface area contributed by atoms with Crippen molar-refractivity contribution in [1.29, 1.82) is 0 Å². The molecule has 3 amide bonds. The van der Waals surface area contributed by atoms with Crippen LogP contribution in [0.1, 0.15) is 19.3 Å². The van der Waals surface area contributed by atoms with Crippen molar-refractivity contribution >= 4 is 17.6 Å². The lowest BCUT2D eigenvalue weighted by Gasteiger charge is -2.17. The number of benzene rings is 1. The van der Waals surface area contributed by atoms with E-state index in [4.69, 9.17) is 0 Å². The molecule has 1 aliphatic heterocycles. The number of rotatable bonds is 3. The fourth-order valence-electron chi connectivity index (χ4n) is 2.61. The van der Waals surface area contributed by atoms with E-state index in [1.54, 1.807) is 18.5 Å². The Balaban J connectivity index is 1.74. The van der Waals surface area contributed by atoms with E-state index in [9.17, 15) is 14.0 Å². The molecule has 0 bridgehead atoms. The molecule has 1 fully saturated rings. The number of amides is 3. The van der Waals surface area contributed by atoms with Crippen molar-refractivity contribution in [3.63, 3.8) is 0 Å². The van der Waals surface area contributed by atoms with Crippen LogP contribution in [0.25, 0.3) is 5.69 Å². The molecule has 1 aromatic heterocycles. The van der Waals surface area contributed by atoms with Gasteiger partial charge in [-0.1, -0.05) is 0 Å². The Labute approximate surface area is 138 Å². The van der Waals surface area contributed by atoms with Crippen LogP contribution in [0.3, 0.4) is 0 Å². The van der Waals surface area contributed by atoms with Crippen LogP contribution >= 0.6 is 0 Å². The molecule has 0 saturated carbocycles. The van der Waals surface area contributed by atoms with Gasteiger partial charge in [-0.25, -0.2) is 13.9 Å². The Hall–Kier alpha value is -2.90. The summed E-state index contributed by atoms with van der Waals surface area (Å²) in [5.74, 6) is -0.678. The third-order valence-electron chi connectivity index (χ3n) is 3.80. The molecule has 1 aromatic carbocycles. The molecule has 3 N–H and O–H groups in total. The second-order valence-electron chi connectivity index (χ2n) is 5.55. The first-order valence-electron chi connectivity index (χ1n) is 7.78. The van der Waals surface area contributed by atoms with E-state index in [1.165, 1.54) is 22.9 Å². The van der Waals surface area contributed by atoms with E-state index >= 15 is 0 Å². The number of carbonyl (C=O) groups excluding carboxylic acids is 2. The average Bonchev–Trinajstić information content (AvgIpc) is 3.00. The van der Waals surface area contributed by atoms with Crippen molar-refractivity contribution in [2.24, 2.45) is 0 Å². The monoisotopic (exact) mass is 331 g/mol. The maximum atomic E-state index is 13.5. The zero-order chi connectivity index (χ0) is 16.9. The zero-order valence-corrected chi connectivity index (χ0v) is 13.0. The largest absolute Gasteiger partial charge is 0.354 e. The lowest BCUT2D eigenvalue weighted by molar-refractivity contribution is -0.122. The number of aromatic nitrogens is 2. The van der Waals surface area contributed by atoms with Crippen LogP contribution in [0.5, 0.6) is 0 Å². The van der Waals surface area contributed by atoms with Crippen molar-refractivity contribution in [2.45, 2.75) is 25.3 Å². The molecule has 8 heteroatoms. The highest BCUT2D eigenvalue weighted by Crippen LogP contribution is 2.21. The van der Waals surface area contributed by atoms with E-state index in [0.29, 0.717) is 18.7 Å². The molecule has 1 aliphatic rings. The summed E-state index contributed by atoms with van der Waals surface area (Å²) in [5, 5.41) is 12.1. The predicted molar refractivity (Wildman–Crippen MR) is 86.3 cm³/mol. The predicted octanol–water partition coefficient (Wildman–Crippen LogP) is 1.80. The van der Waals surface area contributed by atoms with Gasteiger partial charge >= 0.3 is 6.03 Å². The maximum Gasteiger partial charge on any atom is 0.319 e. The van der Waals surface area contributed by atoms with E-state index in [0.717, 1.165) is 12.8 Å². The van der Waals surface area contributed by atoms with Crippen molar-refractivity contribution in [1.82, 2.24) is 20.4 Å². The highest BCUT2D eigenvalue weighted by Gasteiger charge is 2.22. The number of anilines is 1. The van der Waals surface area contributed by atoms with Gasteiger partial charge in [0.15, 0.2) is 0 Å². The Kier molecular flexibility index (Phi) is 4.74. The summed E-state index contributed by atoms with van der Waals surface area (Å²) in [4.78, 5) is 24.1. The van der Waals surface area contributed by atoms with Crippen molar-refractivity contribution in [3.8, 4) is 5.69 Å². The van der Waals surface area contributed by atoms with Gasteiger partial charge in [0.1, 0.15) is 11.9 Å². The lowest BCUT2D eigenvalue weighted by Crippen LogP contribution is -2.47. The van der Waals surface area contributed by atoms with Crippen LogP contribution in [0.15, 0.2) is 36.7 Å². The number of halogens is 1. The molecule has 3 rings (SSSR count). The fraction of sp³-hybridized carbons (Fsp3) is 0.312. The van der Waals surface area contributed by atoms with Crippen molar-refractivity contribution in [3.05, 3.63) is 42.5 Å². The molecule has 126 valence electrons. The highest BCUT2D eigenvalue weighted by atomic mass is 19.1. The van der Waals surface area contributed by atoms with Gasteiger partial charge in [0.05, 0.1) is 11.4 Å². The van der Waals surface area contributed by atoms with Crippen LogP contribution in [0, 0.1) is 5.82 Å². The quantitative estimate of drug-likeness (QED) is 0.801. The molecule has 0 radical (unpaired) electrons. The summed E-state index contributed by atoms with van der Waals surface area (Å²) in [6.07, 6.45) is 5.59. The summed E-state index contributed by atoms with van der Waals surface area (Å²) >= 11 is 0. The van der Waals surface area contributed by atoms with Crippen LogP contribution in [0.4, 0.5) is 14.9 Å². The number of carbonyl (C=O) groups is 2. The smallest absolute Gasteiger partial charge is 0.319 e. The van der Waals surface area contributed by atoms with Gasteiger partial charge in [0.2, 0.25) is 5.91 Å². The number of nitrogens with one attached hydrogen (secondary N) is 3. The second-order valence-corrected chi connectivity index (χ2v) is 5.55. The van der Waals surface area contributed by atoms with Crippen LogP contribution in [-0.2, 0) is 4.79 Å². The zero-order valence-electron chi connectivity index (χ0n) is 13.0. The third kappa shape index (κ3) is 3.70. The molecule has 0 unspecified atom stereocenters. The van der Waals surface area contributed by atoms with Gasteiger partial charge < -0.3 is 16.0 Å². The molecule has 1 atom stereocenters. The highest BCUT2D eigenvalue weighted by molar-refractivity contribution is 5.95. The van der Waals surface area contributed by atoms with Crippen LogP contribution in [0.2, 0.25) is 0 Å². The Morgan fingerprint density at radius 2 is 2.25 bits per heavy atom. The molecule has 7 nitrogen and oxygen atoms in total. The Morgan fingerprint density at radius 3 is 3.04 bits per heavy atom. The summed E-state index contributed by atoms with van der Waals surface area (Å²) in [7, 11) is 0. The van der Waals surface area contributed by atoms with Gasteiger partial charge in [-0.15, -0.1) is 0 Å².